The number of aromatic nitrogens is 2. The molecule has 1 heterocycles. The SMILES string of the molecule is CC1CCCC1Nc1cnccn1. The van der Waals surface area contributed by atoms with E-state index in [0.29, 0.717) is 6.04 Å². The predicted molar refractivity (Wildman–Crippen MR) is 52.5 cm³/mol. The number of nitrogens with zero attached hydrogens (tertiary/aromatic N) is 2. The first-order valence-electron chi connectivity index (χ1n) is 4.89. The maximum Gasteiger partial charge on any atom is 0.144 e. The Balaban J connectivity index is 1.98. The fourth-order valence-electron chi connectivity index (χ4n) is 1.92. The number of anilines is 1. The van der Waals surface area contributed by atoms with E-state index in [1.807, 2.05) is 0 Å². The summed E-state index contributed by atoms with van der Waals surface area (Å²) < 4.78 is 0. The van der Waals surface area contributed by atoms with Crippen molar-refractivity contribution in [3.8, 4) is 0 Å². The van der Waals surface area contributed by atoms with Gasteiger partial charge in [0.1, 0.15) is 5.82 Å². The maximum absolute atomic E-state index is 4.20. The Kier molecular flexibility index (Phi) is 2.43. The van der Waals surface area contributed by atoms with Crippen molar-refractivity contribution in [3.63, 3.8) is 0 Å². The minimum Gasteiger partial charge on any atom is -0.366 e. The average molecular weight is 177 g/mol. The first-order chi connectivity index (χ1) is 6.36. The summed E-state index contributed by atoms with van der Waals surface area (Å²) in [5.74, 6) is 1.67. The molecular formula is C10H15N3. The summed E-state index contributed by atoms with van der Waals surface area (Å²) in [6.07, 6.45) is 9.13. The third-order valence-electron chi connectivity index (χ3n) is 2.76. The highest BCUT2D eigenvalue weighted by Gasteiger charge is 2.22. The molecule has 2 rings (SSSR count). The average Bonchev–Trinajstić information content (AvgIpc) is 2.54. The smallest absolute Gasteiger partial charge is 0.144 e. The topological polar surface area (TPSA) is 37.8 Å². The van der Waals surface area contributed by atoms with Gasteiger partial charge in [0.2, 0.25) is 0 Å². The molecule has 3 nitrogen and oxygen atoms in total. The second-order valence-corrected chi connectivity index (χ2v) is 3.75. The van der Waals surface area contributed by atoms with Gasteiger partial charge in [0.25, 0.3) is 0 Å². The van der Waals surface area contributed by atoms with Crippen molar-refractivity contribution in [2.45, 2.75) is 32.2 Å². The summed E-state index contributed by atoms with van der Waals surface area (Å²) >= 11 is 0. The molecule has 70 valence electrons. The van der Waals surface area contributed by atoms with Gasteiger partial charge in [-0.05, 0) is 18.8 Å². The molecule has 0 aliphatic heterocycles. The number of hydrogen-bond acceptors (Lipinski definition) is 3. The highest BCUT2D eigenvalue weighted by molar-refractivity contribution is 5.31. The zero-order valence-corrected chi connectivity index (χ0v) is 7.90. The summed E-state index contributed by atoms with van der Waals surface area (Å²) in [5.41, 5.74) is 0. The van der Waals surface area contributed by atoms with E-state index in [4.69, 9.17) is 0 Å². The molecule has 1 aliphatic rings. The summed E-state index contributed by atoms with van der Waals surface area (Å²) in [6, 6.07) is 0.594. The lowest BCUT2D eigenvalue weighted by molar-refractivity contribution is 0.554. The molecule has 1 aliphatic carbocycles. The third-order valence-corrected chi connectivity index (χ3v) is 2.76. The largest absolute Gasteiger partial charge is 0.366 e. The van der Waals surface area contributed by atoms with Crippen LogP contribution >= 0.6 is 0 Å². The Morgan fingerprint density at radius 1 is 1.38 bits per heavy atom. The molecule has 13 heavy (non-hydrogen) atoms. The van der Waals surface area contributed by atoms with Gasteiger partial charge in [0.05, 0.1) is 6.20 Å². The second kappa shape index (κ2) is 3.73. The first-order valence-corrected chi connectivity index (χ1v) is 4.89. The van der Waals surface area contributed by atoms with Crippen LogP contribution < -0.4 is 5.32 Å². The Morgan fingerprint density at radius 3 is 2.92 bits per heavy atom. The molecule has 1 aromatic heterocycles. The zero-order valence-electron chi connectivity index (χ0n) is 7.90. The molecule has 0 bridgehead atoms. The highest BCUT2D eigenvalue weighted by atomic mass is 15.0. The summed E-state index contributed by atoms with van der Waals surface area (Å²) in [5, 5.41) is 3.42. The van der Waals surface area contributed by atoms with Crippen molar-refractivity contribution < 1.29 is 0 Å². The van der Waals surface area contributed by atoms with Crippen LogP contribution in [0.3, 0.4) is 0 Å². The van der Waals surface area contributed by atoms with Gasteiger partial charge in [-0.1, -0.05) is 13.3 Å². The lowest BCUT2D eigenvalue weighted by Crippen LogP contribution is -2.22. The van der Waals surface area contributed by atoms with E-state index in [0.717, 1.165) is 11.7 Å². The van der Waals surface area contributed by atoms with Crippen molar-refractivity contribution in [1.82, 2.24) is 9.97 Å². The fourth-order valence-corrected chi connectivity index (χ4v) is 1.92. The first kappa shape index (κ1) is 8.48. The van der Waals surface area contributed by atoms with Crippen LogP contribution in [0.5, 0.6) is 0 Å². The minimum atomic E-state index is 0.594. The van der Waals surface area contributed by atoms with E-state index in [1.165, 1.54) is 19.3 Å². The number of nitrogens with one attached hydrogen (secondary N) is 1. The zero-order chi connectivity index (χ0) is 9.10. The van der Waals surface area contributed by atoms with Gasteiger partial charge >= 0.3 is 0 Å². The van der Waals surface area contributed by atoms with Crippen LogP contribution in [0.15, 0.2) is 18.6 Å². The lowest BCUT2D eigenvalue weighted by Gasteiger charge is -2.17. The van der Waals surface area contributed by atoms with Gasteiger partial charge in [-0.15, -0.1) is 0 Å². The number of hydrogen-bond donors (Lipinski definition) is 1. The third kappa shape index (κ3) is 1.97. The quantitative estimate of drug-likeness (QED) is 0.751. The molecule has 0 aromatic carbocycles. The number of rotatable bonds is 2. The molecule has 3 heteroatoms. The highest BCUT2D eigenvalue weighted by Crippen LogP contribution is 2.26. The Hall–Kier alpha value is -1.12. The molecule has 0 radical (unpaired) electrons. The van der Waals surface area contributed by atoms with Gasteiger partial charge < -0.3 is 5.32 Å². The minimum absolute atomic E-state index is 0.594. The van der Waals surface area contributed by atoms with E-state index < -0.39 is 0 Å². The second-order valence-electron chi connectivity index (χ2n) is 3.75. The van der Waals surface area contributed by atoms with E-state index in [1.54, 1.807) is 18.6 Å². The summed E-state index contributed by atoms with van der Waals surface area (Å²) in [4.78, 5) is 8.23. The van der Waals surface area contributed by atoms with E-state index in [2.05, 4.69) is 22.2 Å². The van der Waals surface area contributed by atoms with Gasteiger partial charge in [0.15, 0.2) is 0 Å². The Labute approximate surface area is 78.6 Å². The monoisotopic (exact) mass is 177 g/mol. The Morgan fingerprint density at radius 2 is 2.31 bits per heavy atom. The van der Waals surface area contributed by atoms with Gasteiger partial charge in [-0.2, -0.15) is 0 Å². The summed E-state index contributed by atoms with van der Waals surface area (Å²) in [7, 11) is 0. The predicted octanol–water partition coefficient (Wildman–Crippen LogP) is 2.08. The van der Waals surface area contributed by atoms with Crippen LogP contribution in [0, 0.1) is 5.92 Å². The standard InChI is InChI=1S/C10H15N3/c1-8-3-2-4-9(8)13-10-7-11-5-6-12-10/h5-9H,2-4H2,1H3,(H,12,13). The van der Waals surface area contributed by atoms with Crippen molar-refractivity contribution in [3.05, 3.63) is 18.6 Å². The van der Waals surface area contributed by atoms with Gasteiger partial charge in [-0.25, -0.2) is 4.98 Å². The van der Waals surface area contributed by atoms with Crippen LogP contribution in [0.4, 0.5) is 5.82 Å². The van der Waals surface area contributed by atoms with Crippen molar-refractivity contribution in [2.24, 2.45) is 5.92 Å². The van der Waals surface area contributed by atoms with Gasteiger partial charge in [-0.3, -0.25) is 4.98 Å². The maximum atomic E-state index is 4.20. The van der Waals surface area contributed by atoms with Crippen molar-refractivity contribution >= 4 is 5.82 Å². The van der Waals surface area contributed by atoms with Crippen LogP contribution in [-0.4, -0.2) is 16.0 Å². The molecule has 1 N–H and O–H groups in total. The van der Waals surface area contributed by atoms with Gasteiger partial charge in [0, 0.05) is 18.4 Å². The molecule has 2 unspecified atom stereocenters. The molecule has 0 saturated heterocycles. The van der Waals surface area contributed by atoms with Crippen molar-refractivity contribution in [1.29, 1.82) is 0 Å². The molecule has 1 fully saturated rings. The molecule has 1 saturated carbocycles. The molecule has 2 atom stereocenters. The summed E-state index contributed by atoms with van der Waals surface area (Å²) in [6.45, 7) is 2.29. The Bertz CT molecular complexity index is 260. The van der Waals surface area contributed by atoms with Crippen LogP contribution in [-0.2, 0) is 0 Å². The normalized spacial score (nSPS) is 27.5. The van der Waals surface area contributed by atoms with Crippen LogP contribution in [0.25, 0.3) is 0 Å². The van der Waals surface area contributed by atoms with Crippen LogP contribution in [0.1, 0.15) is 26.2 Å². The lowest BCUT2D eigenvalue weighted by atomic mass is 10.1. The molecule has 0 spiro atoms. The molecule has 1 aromatic rings. The fraction of sp³-hybridized carbons (Fsp3) is 0.600. The van der Waals surface area contributed by atoms with E-state index >= 15 is 0 Å². The molecule has 0 amide bonds. The molecular weight excluding hydrogens is 162 g/mol. The van der Waals surface area contributed by atoms with Crippen molar-refractivity contribution in [2.75, 3.05) is 5.32 Å². The van der Waals surface area contributed by atoms with E-state index in [-0.39, 0.29) is 0 Å². The van der Waals surface area contributed by atoms with Crippen LogP contribution in [0.2, 0.25) is 0 Å². The van der Waals surface area contributed by atoms with E-state index in [9.17, 15) is 0 Å².